The second-order valence-electron chi connectivity index (χ2n) is 6.63. The van der Waals surface area contributed by atoms with Crippen molar-refractivity contribution in [3.63, 3.8) is 0 Å². The number of carboxylic acids is 1. The highest BCUT2D eigenvalue weighted by atomic mass is 16.4. The smallest absolute Gasteiger partial charge is 0.335 e. The average Bonchev–Trinajstić information content (AvgIpc) is 2.99. The molecule has 0 saturated carbocycles. The summed E-state index contributed by atoms with van der Waals surface area (Å²) < 4.78 is 2.03. The first-order chi connectivity index (χ1) is 13.8. The van der Waals surface area contributed by atoms with Crippen LogP contribution < -0.4 is 5.73 Å². The Morgan fingerprint density at radius 1 is 1.00 bits per heavy atom. The van der Waals surface area contributed by atoms with Gasteiger partial charge in [-0.15, -0.1) is 0 Å². The Balaban J connectivity index is 2.01. The molecule has 0 saturated heterocycles. The van der Waals surface area contributed by atoms with Crippen LogP contribution in [0.3, 0.4) is 0 Å². The van der Waals surface area contributed by atoms with Crippen LogP contribution in [-0.2, 0) is 0 Å². The Kier molecular flexibility index (Phi) is 5.33. The number of nitrogens with zero attached hydrogens (tertiary/aromatic N) is 2. The van der Waals surface area contributed by atoms with Gasteiger partial charge in [-0.05, 0) is 73.5 Å². The Labute approximate surface area is 168 Å². The Bertz CT molecular complexity index is 1160. The third-order valence-electron chi connectivity index (χ3n) is 4.74. The van der Waals surface area contributed by atoms with Gasteiger partial charge in [-0.2, -0.15) is 5.26 Å². The lowest BCUT2D eigenvalue weighted by Crippen LogP contribution is -2.10. The number of hydrogen-bond acceptors (Lipinski definition) is 3. The highest BCUT2D eigenvalue weighted by molar-refractivity contribution is 5.93. The zero-order valence-corrected chi connectivity index (χ0v) is 16.0. The lowest BCUT2D eigenvalue weighted by Gasteiger charge is -2.10. The van der Waals surface area contributed by atoms with Gasteiger partial charge in [0, 0.05) is 22.6 Å². The van der Waals surface area contributed by atoms with Crippen LogP contribution in [0, 0.1) is 25.2 Å². The summed E-state index contributed by atoms with van der Waals surface area (Å²) in [6, 6.07) is 17.4. The number of amides is 1. The fourth-order valence-electron chi connectivity index (χ4n) is 3.23. The molecular formula is C23H19N3O3. The molecule has 1 heterocycles. The first-order valence-corrected chi connectivity index (χ1v) is 8.86. The largest absolute Gasteiger partial charge is 0.478 e. The number of carbonyl (C=O) groups excluding carboxylic acids is 1. The first-order valence-electron chi connectivity index (χ1n) is 8.86. The average molecular weight is 385 g/mol. The third kappa shape index (κ3) is 3.94. The number of rotatable bonds is 5. The summed E-state index contributed by atoms with van der Waals surface area (Å²) in [5.41, 5.74) is 10.7. The van der Waals surface area contributed by atoms with Crippen molar-refractivity contribution in [2.75, 3.05) is 0 Å². The molecule has 0 unspecified atom stereocenters. The van der Waals surface area contributed by atoms with Gasteiger partial charge in [-0.25, -0.2) is 4.79 Å². The van der Waals surface area contributed by atoms with E-state index in [-0.39, 0.29) is 5.56 Å². The summed E-state index contributed by atoms with van der Waals surface area (Å²) in [5, 5.41) is 18.6. The quantitative estimate of drug-likeness (QED) is 0.648. The monoisotopic (exact) mass is 385 g/mol. The zero-order chi connectivity index (χ0) is 21.1. The van der Waals surface area contributed by atoms with Crippen molar-refractivity contribution in [3.05, 3.63) is 88.2 Å². The number of allylic oxidation sites excluding steroid dienone is 1. The van der Waals surface area contributed by atoms with Gasteiger partial charge < -0.3 is 15.4 Å². The van der Waals surface area contributed by atoms with Gasteiger partial charge >= 0.3 is 5.97 Å². The van der Waals surface area contributed by atoms with Crippen molar-refractivity contribution in [2.45, 2.75) is 13.8 Å². The first kappa shape index (κ1) is 19.6. The molecule has 3 aromatic rings. The third-order valence-corrected chi connectivity index (χ3v) is 4.74. The summed E-state index contributed by atoms with van der Waals surface area (Å²) in [7, 11) is 0. The predicted octanol–water partition coefficient (Wildman–Crippen LogP) is 3.96. The van der Waals surface area contributed by atoms with Crippen LogP contribution in [-0.4, -0.2) is 21.6 Å². The molecule has 0 aliphatic rings. The molecule has 29 heavy (non-hydrogen) atoms. The molecule has 0 atom stereocenters. The summed E-state index contributed by atoms with van der Waals surface area (Å²) in [5.74, 6) is -1.49. The van der Waals surface area contributed by atoms with Crippen molar-refractivity contribution in [1.82, 2.24) is 4.57 Å². The fraction of sp³-hybridized carbons (Fsp3) is 0.0870. The number of primary amides is 1. The molecule has 1 aromatic heterocycles. The molecule has 6 heteroatoms. The van der Waals surface area contributed by atoms with E-state index in [4.69, 9.17) is 10.8 Å². The van der Waals surface area contributed by atoms with Gasteiger partial charge in [-0.1, -0.05) is 12.1 Å². The maximum absolute atomic E-state index is 11.3. The van der Waals surface area contributed by atoms with E-state index in [0.717, 1.165) is 22.6 Å². The SMILES string of the molecule is Cc1cc(/C=C(/C#N)c2ccc(C(=O)O)cc2)c(C)n1-c1ccc(C(N)=O)cc1. The van der Waals surface area contributed by atoms with Crippen molar-refractivity contribution in [1.29, 1.82) is 5.26 Å². The van der Waals surface area contributed by atoms with Crippen LogP contribution in [0.4, 0.5) is 0 Å². The van der Waals surface area contributed by atoms with Gasteiger partial charge in [0.05, 0.1) is 17.2 Å². The summed E-state index contributed by atoms with van der Waals surface area (Å²) in [6.07, 6.45) is 1.78. The molecule has 2 aromatic carbocycles. The molecule has 0 fully saturated rings. The van der Waals surface area contributed by atoms with E-state index in [9.17, 15) is 14.9 Å². The van der Waals surface area contributed by atoms with Crippen LogP contribution in [0.25, 0.3) is 17.3 Å². The summed E-state index contributed by atoms with van der Waals surface area (Å²) >= 11 is 0. The number of aromatic carboxylic acids is 1. The minimum Gasteiger partial charge on any atom is -0.478 e. The molecule has 0 aliphatic carbocycles. The number of carbonyl (C=O) groups is 2. The maximum atomic E-state index is 11.3. The molecule has 0 spiro atoms. The minimum atomic E-state index is -1.01. The van der Waals surface area contributed by atoms with Crippen LogP contribution >= 0.6 is 0 Å². The Morgan fingerprint density at radius 2 is 1.55 bits per heavy atom. The molecule has 1 amide bonds. The Hall–Kier alpha value is -4.11. The minimum absolute atomic E-state index is 0.170. The zero-order valence-electron chi connectivity index (χ0n) is 16.0. The number of hydrogen-bond donors (Lipinski definition) is 2. The van der Waals surface area contributed by atoms with Gasteiger partial charge in [0.15, 0.2) is 0 Å². The number of benzene rings is 2. The lowest BCUT2D eigenvalue weighted by atomic mass is 10.0. The highest BCUT2D eigenvalue weighted by Crippen LogP contribution is 2.25. The van der Waals surface area contributed by atoms with Crippen LogP contribution in [0.1, 0.15) is 43.2 Å². The van der Waals surface area contributed by atoms with Crippen LogP contribution in [0.15, 0.2) is 54.6 Å². The predicted molar refractivity (Wildman–Crippen MR) is 111 cm³/mol. The molecule has 0 bridgehead atoms. The molecule has 6 nitrogen and oxygen atoms in total. The van der Waals surface area contributed by atoms with Crippen molar-refractivity contribution < 1.29 is 14.7 Å². The van der Waals surface area contributed by atoms with Gasteiger partial charge in [-0.3, -0.25) is 4.79 Å². The van der Waals surface area contributed by atoms with E-state index in [1.807, 2.05) is 36.6 Å². The van der Waals surface area contributed by atoms with E-state index < -0.39 is 11.9 Å². The molecule has 0 aliphatic heterocycles. The summed E-state index contributed by atoms with van der Waals surface area (Å²) in [4.78, 5) is 22.3. The number of carboxylic acid groups (broad SMARTS) is 1. The van der Waals surface area contributed by atoms with Crippen molar-refractivity contribution in [3.8, 4) is 11.8 Å². The highest BCUT2D eigenvalue weighted by Gasteiger charge is 2.12. The second-order valence-corrected chi connectivity index (χ2v) is 6.63. The molecule has 3 N–H and O–H groups in total. The fourth-order valence-corrected chi connectivity index (χ4v) is 3.23. The van der Waals surface area contributed by atoms with E-state index in [2.05, 4.69) is 6.07 Å². The van der Waals surface area contributed by atoms with E-state index in [0.29, 0.717) is 16.7 Å². The molecule has 3 rings (SSSR count). The molecular weight excluding hydrogens is 366 g/mol. The van der Waals surface area contributed by atoms with Gasteiger partial charge in [0.1, 0.15) is 0 Å². The van der Waals surface area contributed by atoms with Gasteiger partial charge in [0.25, 0.3) is 0 Å². The van der Waals surface area contributed by atoms with Crippen LogP contribution in [0.2, 0.25) is 0 Å². The normalized spacial score (nSPS) is 11.1. The Morgan fingerprint density at radius 3 is 2.07 bits per heavy atom. The van der Waals surface area contributed by atoms with E-state index in [1.165, 1.54) is 12.1 Å². The van der Waals surface area contributed by atoms with E-state index in [1.54, 1.807) is 30.3 Å². The van der Waals surface area contributed by atoms with Crippen molar-refractivity contribution in [2.24, 2.45) is 5.73 Å². The van der Waals surface area contributed by atoms with Gasteiger partial charge in [0.2, 0.25) is 5.91 Å². The van der Waals surface area contributed by atoms with E-state index >= 15 is 0 Å². The number of aromatic nitrogens is 1. The number of nitriles is 1. The molecule has 144 valence electrons. The maximum Gasteiger partial charge on any atom is 0.335 e. The van der Waals surface area contributed by atoms with Crippen molar-refractivity contribution >= 4 is 23.5 Å². The number of aryl methyl sites for hydroxylation is 1. The second kappa shape index (κ2) is 7.87. The molecule has 0 radical (unpaired) electrons. The topological polar surface area (TPSA) is 109 Å². The van der Waals surface area contributed by atoms with Crippen LogP contribution in [0.5, 0.6) is 0 Å². The summed E-state index contributed by atoms with van der Waals surface area (Å²) in [6.45, 7) is 3.91. The lowest BCUT2D eigenvalue weighted by molar-refractivity contribution is 0.0696. The standard InChI is InChI=1S/C23H19N3O3/c1-14-11-19(12-20(13-24)16-3-5-18(6-4-16)23(28)29)15(2)26(14)21-9-7-17(8-10-21)22(25)27/h3-12H,1-2H3,(H2,25,27)(H,28,29)/b20-12-. The number of nitrogens with two attached hydrogens (primary N) is 1.